The van der Waals surface area contributed by atoms with Crippen molar-refractivity contribution in [3.63, 3.8) is 0 Å². The topological polar surface area (TPSA) is 97.0 Å². The molecule has 0 aliphatic rings. The van der Waals surface area contributed by atoms with E-state index in [2.05, 4.69) is 11.4 Å². The van der Waals surface area contributed by atoms with Crippen LogP contribution in [0, 0.1) is 25.2 Å². The van der Waals surface area contributed by atoms with Gasteiger partial charge in [0.2, 0.25) is 0 Å². The van der Waals surface area contributed by atoms with Crippen LogP contribution in [0.5, 0.6) is 0 Å². The molecule has 5 rings (SSSR count). The Kier molecular flexibility index (Phi) is 8.42. The van der Waals surface area contributed by atoms with Gasteiger partial charge in [0.1, 0.15) is 16.6 Å². The van der Waals surface area contributed by atoms with Crippen LogP contribution in [0.15, 0.2) is 96.6 Å². The van der Waals surface area contributed by atoms with E-state index in [4.69, 9.17) is 9.84 Å². The normalized spacial score (nSPS) is 11.1. The van der Waals surface area contributed by atoms with Gasteiger partial charge in [0.15, 0.2) is 0 Å². The Morgan fingerprint density at radius 1 is 0.976 bits per heavy atom. The van der Waals surface area contributed by atoms with Gasteiger partial charge in [0.05, 0.1) is 29.2 Å². The summed E-state index contributed by atoms with van der Waals surface area (Å²) in [5, 5.41) is 17.8. The van der Waals surface area contributed by atoms with Crippen molar-refractivity contribution in [2.45, 2.75) is 20.8 Å². The number of nitrogens with one attached hydrogen (secondary N) is 1. The van der Waals surface area contributed by atoms with Gasteiger partial charge in [-0.1, -0.05) is 72.8 Å². The molecule has 7 nitrogen and oxygen atoms in total. The zero-order chi connectivity index (χ0) is 29.6. The summed E-state index contributed by atoms with van der Waals surface area (Å²) >= 11 is 1.28. The smallest absolute Gasteiger partial charge is 0.341 e. The monoisotopic (exact) mass is 572 g/mol. The Morgan fingerprint density at radius 3 is 2.24 bits per heavy atom. The summed E-state index contributed by atoms with van der Waals surface area (Å²) in [5.41, 5.74) is 6.31. The lowest BCUT2D eigenvalue weighted by atomic mass is 10.1. The molecule has 0 aliphatic heterocycles. The van der Waals surface area contributed by atoms with Crippen LogP contribution in [-0.4, -0.2) is 28.3 Å². The molecule has 3 aromatic carbocycles. The molecule has 1 N–H and O–H groups in total. The molecule has 208 valence electrons. The number of aromatic nitrogens is 2. The van der Waals surface area contributed by atoms with Gasteiger partial charge in [0.25, 0.3) is 5.91 Å². The largest absolute Gasteiger partial charge is 0.462 e. The highest BCUT2D eigenvalue weighted by molar-refractivity contribution is 7.16. The minimum Gasteiger partial charge on any atom is -0.462 e. The first-order valence-electron chi connectivity index (χ1n) is 13.4. The summed E-state index contributed by atoms with van der Waals surface area (Å²) in [4.78, 5) is 26.5. The van der Waals surface area contributed by atoms with Gasteiger partial charge >= 0.3 is 5.97 Å². The molecule has 8 heteroatoms. The van der Waals surface area contributed by atoms with E-state index in [9.17, 15) is 14.9 Å². The van der Waals surface area contributed by atoms with Crippen molar-refractivity contribution in [3.05, 3.63) is 118 Å². The molecular weight excluding hydrogens is 544 g/mol. The lowest BCUT2D eigenvalue weighted by Gasteiger charge is -2.09. The quantitative estimate of drug-likeness (QED) is 0.117. The van der Waals surface area contributed by atoms with Crippen molar-refractivity contribution in [2.75, 3.05) is 11.9 Å². The zero-order valence-electron chi connectivity index (χ0n) is 23.4. The molecular formula is C34H28N4O3S. The third kappa shape index (κ3) is 5.92. The van der Waals surface area contributed by atoms with Crippen molar-refractivity contribution >= 4 is 34.3 Å². The molecule has 0 aliphatic carbocycles. The molecule has 2 heterocycles. The van der Waals surface area contributed by atoms with E-state index in [-0.39, 0.29) is 12.2 Å². The lowest BCUT2D eigenvalue weighted by Crippen LogP contribution is -2.16. The Labute approximate surface area is 248 Å². The number of ether oxygens (including phenoxy) is 1. The molecule has 42 heavy (non-hydrogen) atoms. The summed E-state index contributed by atoms with van der Waals surface area (Å²) in [6.07, 6.45) is 1.52. The number of hydrogen-bond donors (Lipinski definition) is 1. The zero-order valence-corrected chi connectivity index (χ0v) is 24.2. The molecule has 0 radical (unpaired) electrons. The van der Waals surface area contributed by atoms with Crippen LogP contribution in [0.3, 0.4) is 0 Å². The predicted molar refractivity (Wildman–Crippen MR) is 166 cm³/mol. The maximum Gasteiger partial charge on any atom is 0.341 e. The number of carbonyl (C=O) groups is 2. The Hall–Kier alpha value is -5.26. The number of hydrogen-bond acceptors (Lipinski definition) is 6. The first-order chi connectivity index (χ1) is 20.4. The van der Waals surface area contributed by atoms with Gasteiger partial charge < -0.3 is 10.1 Å². The van der Waals surface area contributed by atoms with Crippen LogP contribution in [0.4, 0.5) is 5.00 Å². The first kappa shape index (κ1) is 28.3. The fraction of sp³-hybridized carbons (Fsp3) is 0.118. The van der Waals surface area contributed by atoms with Crippen molar-refractivity contribution in [3.8, 4) is 34.3 Å². The number of aryl methyl sites for hydroxylation is 1. The van der Waals surface area contributed by atoms with Gasteiger partial charge in [-0.15, -0.1) is 11.3 Å². The van der Waals surface area contributed by atoms with Crippen LogP contribution in [-0.2, 0) is 9.53 Å². The highest BCUT2D eigenvalue weighted by atomic mass is 32.1. The van der Waals surface area contributed by atoms with Crippen LogP contribution >= 0.6 is 11.3 Å². The van der Waals surface area contributed by atoms with E-state index in [1.54, 1.807) is 6.92 Å². The van der Waals surface area contributed by atoms with E-state index in [1.165, 1.54) is 17.4 Å². The second-order valence-corrected chi connectivity index (χ2v) is 10.7. The van der Waals surface area contributed by atoms with Crippen LogP contribution in [0.2, 0.25) is 0 Å². The SMILES string of the molecule is CCOC(=O)c1c(NC(=O)/C(C#N)=C/c2ccc(-n3nc(-c4ccccc4)cc3-c3ccccc3)cc2)sc(C)c1C. The maximum absolute atomic E-state index is 13.1. The number of carbonyl (C=O) groups excluding carboxylic acids is 2. The van der Waals surface area contributed by atoms with Crippen molar-refractivity contribution in [2.24, 2.45) is 0 Å². The molecule has 1 amide bonds. The first-order valence-corrected chi connectivity index (χ1v) is 14.2. The molecule has 0 spiro atoms. The van der Waals surface area contributed by atoms with Gasteiger partial charge in [-0.25, -0.2) is 9.48 Å². The number of thiophene rings is 1. The number of rotatable bonds is 8. The molecule has 0 fully saturated rings. The minimum absolute atomic E-state index is 0.0864. The molecule has 2 aromatic heterocycles. The summed E-state index contributed by atoms with van der Waals surface area (Å²) in [6, 6.07) is 31.6. The summed E-state index contributed by atoms with van der Waals surface area (Å²) in [7, 11) is 0. The average molecular weight is 573 g/mol. The number of anilines is 1. The van der Waals surface area contributed by atoms with Crippen molar-refractivity contribution < 1.29 is 14.3 Å². The highest BCUT2D eigenvalue weighted by Gasteiger charge is 2.23. The third-order valence-corrected chi connectivity index (χ3v) is 7.88. The molecule has 0 atom stereocenters. The van der Waals surface area contributed by atoms with Gasteiger partial charge in [-0.3, -0.25) is 4.79 Å². The molecule has 0 bridgehead atoms. The van der Waals surface area contributed by atoms with E-state index in [0.717, 1.165) is 38.6 Å². The molecule has 0 saturated heterocycles. The van der Waals surface area contributed by atoms with Crippen molar-refractivity contribution in [1.82, 2.24) is 9.78 Å². The summed E-state index contributed by atoms with van der Waals surface area (Å²) in [6.45, 7) is 5.62. The van der Waals surface area contributed by atoms with Crippen LogP contribution in [0.1, 0.15) is 33.3 Å². The van der Waals surface area contributed by atoms with Crippen molar-refractivity contribution in [1.29, 1.82) is 5.26 Å². The standard InChI is InChI=1S/C34H28N4O3S/c1-4-41-34(40)31-22(2)23(3)42-33(31)36-32(39)27(21-35)19-24-15-17-28(18-16-24)38-30(26-13-9-6-10-14-26)20-29(37-38)25-11-7-5-8-12-25/h5-20H,4H2,1-3H3,(H,36,39)/b27-19+. The summed E-state index contributed by atoms with van der Waals surface area (Å²) < 4.78 is 7.06. The minimum atomic E-state index is -0.598. The van der Waals surface area contributed by atoms with Gasteiger partial charge in [0, 0.05) is 16.0 Å². The second-order valence-electron chi connectivity index (χ2n) is 9.48. The van der Waals surface area contributed by atoms with Gasteiger partial charge in [-0.2, -0.15) is 10.4 Å². The maximum atomic E-state index is 13.1. The number of nitrogens with zero attached hydrogens (tertiary/aromatic N) is 3. The van der Waals surface area contributed by atoms with Gasteiger partial charge in [-0.05, 0) is 56.2 Å². The number of benzene rings is 3. The average Bonchev–Trinajstić information content (AvgIpc) is 3.58. The number of nitriles is 1. The van der Waals surface area contributed by atoms with Crippen LogP contribution < -0.4 is 5.32 Å². The Bertz CT molecular complexity index is 1810. The lowest BCUT2D eigenvalue weighted by molar-refractivity contribution is -0.112. The number of esters is 1. The predicted octanol–water partition coefficient (Wildman–Crippen LogP) is 7.61. The second kappa shape index (κ2) is 12.5. The number of amides is 1. The summed E-state index contributed by atoms with van der Waals surface area (Å²) in [5.74, 6) is -1.10. The Balaban J connectivity index is 1.43. The van der Waals surface area contributed by atoms with E-state index < -0.39 is 11.9 Å². The van der Waals surface area contributed by atoms with E-state index in [1.807, 2.05) is 110 Å². The third-order valence-electron chi connectivity index (χ3n) is 6.75. The molecule has 0 unspecified atom stereocenters. The van der Waals surface area contributed by atoms with E-state index in [0.29, 0.717) is 16.1 Å². The Morgan fingerprint density at radius 2 is 1.62 bits per heavy atom. The van der Waals surface area contributed by atoms with E-state index >= 15 is 0 Å². The fourth-order valence-electron chi connectivity index (χ4n) is 4.50. The fourth-order valence-corrected chi connectivity index (χ4v) is 5.55. The van der Waals surface area contributed by atoms with Crippen LogP contribution in [0.25, 0.3) is 34.3 Å². The molecule has 5 aromatic rings. The molecule has 0 saturated carbocycles. The highest BCUT2D eigenvalue weighted by Crippen LogP contribution is 2.33.